The lowest BCUT2D eigenvalue weighted by Gasteiger charge is -2.56. The summed E-state index contributed by atoms with van der Waals surface area (Å²) in [5.41, 5.74) is 0.997. The molecule has 0 aliphatic heterocycles. The van der Waals surface area contributed by atoms with Crippen molar-refractivity contribution in [1.29, 1.82) is 0 Å². The first kappa shape index (κ1) is 12.4. The third-order valence-electron chi connectivity index (χ3n) is 5.68. The molecule has 0 radical (unpaired) electrons. The first-order chi connectivity index (χ1) is 9.72. The molecule has 1 aromatic carbocycles. The van der Waals surface area contributed by atoms with Gasteiger partial charge in [0.15, 0.2) is 0 Å². The van der Waals surface area contributed by atoms with Crippen LogP contribution >= 0.6 is 0 Å². The maximum Gasteiger partial charge on any atom is 0.338 e. The predicted molar refractivity (Wildman–Crippen MR) is 77.3 cm³/mol. The highest BCUT2D eigenvalue weighted by molar-refractivity contribution is 5.89. The van der Waals surface area contributed by atoms with Gasteiger partial charge in [-0.25, -0.2) is 4.79 Å². The Bertz CT molecular complexity index is 470. The van der Waals surface area contributed by atoms with Crippen molar-refractivity contribution in [3.05, 3.63) is 35.9 Å². The summed E-state index contributed by atoms with van der Waals surface area (Å²) < 4.78 is 5.67. The average molecular weight is 270 g/mol. The molecule has 20 heavy (non-hydrogen) atoms. The van der Waals surface area contributed by atoms with Gasteiger partial charge in [0.1, 0.15) is 0 Å². The lowest BCUT2D eigenvalue weighted by Crippen LogP contribution is -2.48. The van der Waals surface area contributed by atoms with Gasteiger partial charge in [-0.05, 0) is 68.4 Å². The Morgan fingerprint density at radius 3 is 2.10 bits per heavy atom. The molecule has 1 aromatic rings. The van der Waals surface area contributed by atoms with Gasteiger partial charge in [-0.2, -0.15) is 0 Å². The van der Waals surface area contributed by atoms with Crippen molar-refractivity contribution >= 4 is 5.97 Å². The minimum Gasteiger partial charge on any atom is -0.462 e. The summed E-state index contributed by atoms with van der Waals surface area (Å²) in [6.07, 6.45) is 8.19. The standard InChI is InChI=1S/C18H22O2/c19-17(16-4-2-1-3-5-16)20-12-18-9-13-6-14(10-18)8-15(7-13)11-18/h1-5,13-15H,6-12H2. The number of hydrogen-bond acceptors (Lipinski definition) is 2. The van der Waals surface area contributed by atoms with Gasteiger partial charge < -0.3 is 4.74 Å². The summed E-state index contributed by atoms with van der Waals surface area (Å²) in [5.74, 6) is 2.59. The molecule has 0 amide bonds. The van der Waals surface area contributed by atoms with Crippen LogP contribution in [-0.2, 0) is 4.74 Å². The fourth-order valence-electron chi connectivity index (χ4n) is 5.34. The number of hydrogen-bond donors (Lipinski definition) is 0. The third-order valence-corrected chi connectivity index (χ3v) is 5.68. The van der Waals surface area contributed by atoms with Crippen LogP contribution in [0, 0.1) is 23.2 Å². The van der Waals surface area contributed by atoms with Crippen molar-refractivity contribution in [2.24, 2.45) is 23.2 Å². The molecule has 5 rings (SSSR count). The number of ether oxygens (including phenoxy) is 1. The molecule has 0 aromatic heterocycles. The van der Waals surface area contributed by atoms with Crippen LogP contribution in [0.4, 0.5) is 0 Å². The number of benzene rings is 1. The van der Waals surface area contributed by atoms with E-state index in [9.17, 15) is 4.79 Å². The van der Waals surface area contributed by atoms with Crippen molar-refractivity contribution < 1.29 is 9.53 Å². The third kappa shape index (κ3) is 2.15. The molecular weight excluding hydrogens is 248 g/mol. The Hall–Kier alpha value is -1.31. The van der Waals surface area contributed by atoms with E-state index < -0.39 is 0 Å². The van der Waals surface area contributed by atoms with Gasteiger partial charge in [0, 0.05) is 5.41 Å². The monoisotopic (exact) mass is 270 g/mol. The highest BCUT2D eigenvalue weighted by Crippen LogP contribution is 2.60. The summed E-state index contributed by atoms with van der Waals surface area (Å²) in [4.78, 5) is 12.1. The Labute approximate surface area is 120 Å². The van der Waals surface area contributed by atoms with Gasteiger partial charge in [0.05, 0.1) is 12.2 Å². The molecule has 4 bridgehead atoms. The second kappa shape index (κ2) is 4.61. The summed E-state index contributed by atoms with van der Waals surface area (Å²) in [7, 11) is 0. The number of rotatable bonds is 3. The van der Waals surface area contributed by atoms with E-state index in [-0.39, 0.29) is 5.97 Å². The summed E-state index contributed by atoms with van der Waals surface area (Å²) in [5, 5.41) is 0. The largest absolute Gasteiger partial charge is 0.462 e. The number of carbonyl (C=O) groups excluding carboxylic acids is 1. The molecule has 4 aliphatic carbocycles. The summed E-state index contributed by atoms with van der Waals surface area (Å²) in [6, 6.07) is 9.38. The predicted octanol–water partition coefficient (Wildman–Crippen LogP) is 4.06. The quantitative estimate of drug-likeness (QED) is 0.774. The van der Waals surface area contributed by atoms with Crippen molar-refractivity contribution in [2.45, 2.75) is 38.5 Å². The molecule has 2 nitrogen and oxygen atoms in total. The van der Waals surface area contributed by atoms with E-state index in [1.165, 1.54) is 38.5 Å². The van der Waals surface area contributed by atoms with Crippen molar-refractivity contribution in [3.63, 3.8) is 0 Å². The molecule has 2 heteroatoms. The van der Waals surface area contributed by atoms with Crippen LogP contribution < -0.4 is 0 Å². The van der Waals surface area contributed by atoms with Crippen molar-refractivity contribution in [3.8, 4) is 0 Å². The van der Waals surface area contributed by atoms with Crippen LogP contribution in [0.15, 0.2) is 30.3 Å². The number of carbonyl (C=O) groups is 1. The lowest BCUT2D eigenvalue weighted by molar-refractivity contribution is -0.0848. The molecular formula is C18H22O2. The molecule has 0 atom stereocenters. The lowest BCUT2D eigenvalue weighted by atomic mass is 9.50. The van der Waals surface area contributed by atoms with Crippen LogP contribution in [0.1, 0.15) is 48.9 Å². The van der Waals surface area contributed by atoms with Crippen LogP contribution in [0.5, 0.6) is 0 Å². The maximum absolute atomic E-state index is 12.1. The fraction of sp³-hybridized carbons (Fsp3) is 0.611. The van der Waals surface area contributed by atoms with E-state index in [0.717, 1.165) is 17.8 Å². The molecule has 0 unspecified atom stereocenters. The highest BCUT2D eigenvalue weighted by Gasteiger charge is 2.51. The highest BCUT2D eigenvalue weighted by atomic mass is 16.5. The van der Waals surface area contributed by atoms with Gasteiger partial charge in [-0.1, -0.05) is 18.2 Å². The molecule has 106 valence electrons. The normalized spacial score (nSPS) is 37.9. The van der Waals surface area contributed by atoms with Gasteiger partial charge in [0.2, 0.25) is 0 Å². The smallest absolute Gasteiger partial charge is 0.338 e. The van der Waals surface area contributed by atoms with Crippen molar-refractivity contribution in [1.82, 2.24) is 0 Å². The van der Waals surface area contributed by atoms with Crippen LogP contribution in [0.2, 0.25) is 0 Å². The van der Waals surface area contributed by atoms with Gasteiger partial charge in [-0.3, -0.25) is 0 Å². The van der Waals surface area contributed by atoms with Crippen LogP contribution in [0.3, 0.4) is 0 Å². The first-order valence-electron chi connectivity index (χ1n) is 7.95. The fourth-order valence-corrected chi connectivity index (χ4v) is 5.34. The summed E-state index contributed by atoms with van der Waals surface area (Å²) >= 11 is 0. The topological polar surface area (TPSA) is 26.3 Å². The van der Waals surface area contributed by atoms with E-state index in [4.69, 9.17) is 4.74 Å². The second-order valence-electron chi connectivity index (χ2n) is 7.36. The zero-order chi connectivity index (χ0) is 13.6. The van der Waals surface area contributed by atoms with Gasteiger partial charge in [-0.15, -0.1) is 0 Å². The molecule has 4 saturated carbocycles. The Morgan fingerprint density at radius 2 is 1.55 bits per heavy atom. The molecule has 4 fully saturated rings. The van der Waals surface area contributed by atoms with Crippen molar-refractivity contribution in [2.75, 3.05) is 6.61 Å². The first-order valence-corrected chi connectivity index (χ1v) is 7.95. The minimum atomic E-state index is -0.152. The Morgan fingerprint density at radius 1 is 1.00 bits per heavy atom. The van der Waals surface area contributed by atoms with E-state index in [2.05, 4.69) is 0 Å². The molecule has 4 aliphatic rings. The molecule has 0 heterocycles. The van der Waals surface area contributed by atoms with Gasteiger partial charge >= 0.3 is 5.97 Å². The van der Waals surface area contributed by atoms with E-state index in [1.807, 2.05) is 30.3 Å². The Kier molecular flexibility index (Phi) is 2.87. The number of esters is 1. The van der Waals surface area contributed by atoms with E-state index >= 15 is 0 Å². The maximum atomic E-state index is 12.1. The SMILES string of the molecule is O=C(OCC12CC3CC(CC(C3)C1)C2)c1ccccc1. The second-order valence-corrected chi connectivity index (χ2v) is 7.36. The average Bonchev–Trinajstić information content (AvgIpc) is 2.44. The van der Waals surface area contributed by atoms with Gasteiger partial charge in [0.25, 0.3) is 0 Å². The summed E-state index contributed by atoms with van der Waals surface area (Å²) in [6.45, 7) is 0.643. The van der Waals surface area contributed by atoms with E-state index in [0.29, 0.717) is 17.6 Å². The Balaban J connectivity index is 1.43. The molecule has 0 saturated heterocycles. The molecule has 0 N–H and O–H groups in total. The zero-order valence-corrected chi connectivity index (χ0v) is 11.9. The van der Waals surface area contributed by atoms with Crippen LogP contribution in [-0.4, -0.2) is 12.6 Å². The van der Waals surface area contributed by atoms with E-state index in [1.54, 1.807) is 0 Å². The molecule has 0 spiro atoms. The minimum absolute atomic E-state index is 0.152. The zero-order valence-electron chi connectivity index (χ0n) is 11.9. The van der Waals surface area contributed by atoms with Crippen LogP contribution in [0.25, 0.3) is 0 Å².